The topological polar surface area (TPSA) is 35.2 Å². The van der Waals surface area contributed by atoms with Gasteiger partial charge in [0.2, 0.25) is 0 Å². The lowest BCUT2D eigenvalue weighted by Gasteiger charge is -2.12. The van der Waals surface area contributed by atoms with Crippen LogP contribution in [0.4, 0.5) is 23.2 Å². The summed E-state index contributed by atoms with van der Waals surface area (Å²) in [7, 11) is 0. The van der Waals surface area contributed by atoms with E-state index in [4.69, 9.17) is 10.5 Å². The van der Waals surface area contributed by atoms with Crippen LogP contribution in [0.3, 0.4) is 0 Å². The van der Waals surface area contributed by atoms with Gasteiger partial charge in [0.25, 0.3) is 0 Å². The maximum atomic E-state index is 13.1. The fraction of sp³-hybridized carbons (Fsp3) is 0.0769. The predicted octanol–water partition coefficient (Wildman–Crippen LogP) is 4.98. The Morgan fingerprint density at radius 2 is 1.75 bits per heavy atom. The summed E-state index contributed by atoms with van der Waals surface area (Å²) in [6, 6.07) is 7.10. The smallest absolute Gasteiger partial charge is 0.419 e. The largest absolute Gasteiger partial charge is 0.455 e. The van der Waals surface area contributed by atoms with Crippen molar-refractivity contribution in [2.45, 2.75) is 6.18 Å². The minimum Gasteiger partial charge on any atom is -0.455 e. The number of rotatable bonds is 2. The zero-order valence-corrected chi connectivity index (χ0v) is 11.4. The lowest BCUT2D eigenvalue weighted by atomic mass is 10.2. The maximum Gasteiger partial charge on any atom is 0.419 e. The summed E-state index contributed by atoms with van der Waals surface area (Å²) in [6.45, 7) is 0. The molecule has 0 unspecified atom stereocenters. The third kappa shape index (κ3) is 3.22. The SMILES string of the molecule is Nc1ccc(Br)cc1Oc1ccc(F)c(C(F)(F)F)c1. The maximum absolute atomic E-state index is 13.1. The molecule has 0 heterocycles. The average Bonchev–Trinajstić information content (AvgIpc) is 2.35. The predicted molar refractivity (Wildman–Crippen MR) is 70.0 cm³/mol. The van der Waals surface area contributed by atoms with Gasteiger partial charge in [-0.2, -0.15) is 13.2 Å². The van der Waals surface area contributed by atoms with Crippen molar-refractivity contribution in [2.75, 3.05) is 5.73 Å². The highest BCUT2D eigenvalue weighted by atomic mass is 79.9. The quantitative estimate of drug-likeness (QED) is 0.612. The number of alkyl halides is 3. The van der Waals surface area contributed by atoms with E-state index in [0.29, 0.717) is 16.6 Å². The molecule has 2 aromatic carbocycles. The number of nitrogen functional groups attached to an aromatic ring is 1. The number of hydrogen-bond donors (Lipinski definition) is 1. The molecule has 0 atom stereocenters. The Morgan fingerprint density at radius 3 is 2.40 bits per heavy atom. The van der Waals surface area contributed by atoms with Crippen LogP contribution in [0.2, 0.25) is 0 Å². The highest BCUT2D eigenvalue weighted by Crippen LogP contribution is 2.36. The molecular weight excluding hydrogens is 342 g/mol. The molecule has 0 aromatic heterocycles. The Labute approximate surface area is 120 Å². The molecule has 0 fully saturated rings. The van der Waals surface area contributed by atoms with E-state index in [-0.39, 0.29) is 17.2 Å². The molecule has 7 heteroatoms. The highest BCUT2D eigenvalue weighted by molar-refractivity contribution is 9.10. The second-order valence-electron chi connectivity index (χ2n) is 3.92. The van der Waals surface area contributed by atoms with Crippen molar-refractivity contribution in [2.24, 2.45) is 0 Å². The van der Waals surface area contributed by atoms with E-state index in [1.807, 2.05) is 0 Å². The Bertz CT molecular complexity index is 643. The molecule has 0 bridgehead atoms. The van der Waals surface area contributed by atoms with E-state index >= 15 is 0 Å². The first-order valence-electron chi connectivity index (χ1n) is 5.37. The summed E-state index contributed by atoms with van der Waals surface area (Å²) < 4.78 is 56.8. The third-order valence-electron chi connectivity index (χ3n) is 2.45. The summed E-state index contributed by atoms with van der Waals surface area (Å²) in [6.07, 6.45) is -4.79. The Balaban J connectivity index is 2.37. The minimum absolute atomic E-state index is 0.150. The zero-order valence-electron chi connectivity index (χ0n) is 9.84. The Hall–Kier alpha value is -1.76. The molecule has 0 saturated carbocycles. The summed E-state index contributed by atoms with van der Waals surface area (Å²) in [5.41, 5.74) is 4.52. The van der Waals surface area contributed by atoms with E-state index in [1.54, 1.807) is 6.07 Å². The average molecular weight is 350 g/mol. The van der Waals surface area contributed by atoms with E-state index in [0.717, 1.165) is 6.07 Å². The summed E-state index contributed by atoms with van der Waals surface area (Å²) in [4.78, 5) is 0. The Kier molecular flexibility index (Phi) is 3.89. The van der Waals surface area contributed by atoms with Gasteiger partial charge in [0.05, 0.1) is 11.3 Å². The number of anilines is 1. The molecule has 0 aliphatic rings. The highest BCUT2D eigenvalue weighted by Gasteiger charge is 2.34. The molecule has 20 heavy (non-hydrogen) atoms. The molecule has 106 valence electrons. The summed E-state index contributed by atoms with van der Waals surface area (Å²) >= 11 is 3.19. The Morgan fingerprint density at radius 1 is 1.05 bits per heavy atom. The second-order valence-corrected chi connectivity index (χ2v) is 4.84. The van der Waals surface area contributed by atoms with Gasteiger partial charge in [0.15, 0.2) is 5.75 Å². The van der Waals surface area contributed by atoms with Gasteiger partial charge in [-0.1, -0.05) is 15.9 Å². The van der Waals surface area contributed by atoms with E-state index in [1.165, 1.54) is 12.1 Å². The van der Waals surface area contributed by atoms with Crippen LogP contribution in [0.5, 0.6) is 11.5 Å². The van der Waals surface area contributed by atoms with Crippen molar-refractivity contribution in [3.8, 4) is 11.5 Å². The van der Waals surface area contributed by atoms with Crippen LogP contribution >= 0.6 is 15.9 Å². The zero-order chi connectivity index (χ0) is 14.9. The van der Waals surface area contributed by atoms with Crippen LogP contribution in [-0.2, 0) is 6.18 Å². The van der Waals surface area contributed by atoms with Crippen LogP contribution in [0.15, 0.2) is 40.9 Å². The number of nitrogens with two attached hydrogens (primary N) is 1. The van der Waals surface area contributed by atoms with E-state index in [2.05, 4.69) is 15.9 Å². The van der Waals surface area contributed by atoms with Crippen molar-refractivity contribution < 1.29 is 22.3 Å². The van der Waals surface area contributed by atoms with Crippen molar-refractivity contribution in [1.29, 1.82) is 0 Å². The van der Waals surface area contributed by atoms with Gasteiger partial charge in [0, 0.05) is 4.47 Å². The molecule has 2 rings (SSSR count). The van der Waals surface area contributed by atoms with Crippen LogP contribution in [0.1, 0.15) is 5.56 Å². The minimum atomic E-state index is -4.79. The van der Waals surface area contributed by atoms with Gasteiger partial charge in [-0.05, 0) is 36.4 Å². The molecule has 2 N–H and O–H groups in total. The van der Waals surface area contributed by atoms with Gasteiger partial charge in [0.1, 0.15) is 11.6 Å². The van der Waals surface area contributed by atoms with Gasteiger partial charge < -0.3 is 10.5 Å². The monoisotopic (exact) mass is 349 g/mol. The first-order valence-corrected chi connectivity index (χ1v) is 6.16. The van der Waals surface area contributed by atoms with Gasteiger partial charge in [-0.3, -0.25) is 0 Å². The van der Waals surface area contributed by atoms with Crippen molar-refractivity contribution in [1.82, 2.24) is 0 Å². The molecule has 0 radical (unpaired) electrons. The first kappa shape index (κ1) is 14.6. The van der Waals surface area contributed by atoms with Crippen molar-refractivity contribution in [3.63, 3.8) is 0 Å². The fourth-order valence-corrected chi connectivity index (χ4v) is 1.85. The standard InChI is InChI=1S/C13H8BrF4NO/c14-7-1-4-11(19)12(5-7)20-8-2-3-10(15)9(6-8)13(16,17)18/h1-6H,19H2. The van der Waals surface area contributed by atoms with Crippen LogP contribution in [0.25, 0.3) is 0 Å². The van der Waals surface area contributed by atoms with Crippen molar-refractivity contribution in [3.05, 3.63) is 52.3 Å². The molecule has 0 spiro atoms. The number of benzene rings is 2. The normalized spacial score (nSPS) is 11.4. The van der Waals surface area contributed by atoms with E-state index in [9.17, 15) is 17.6 Å². The second kappa shape index (κ2) is 5.32. The molecule has 0 aliphatic heterocycles. The van der Waals surface area contributed by atoms with Crippen LogP contribution in [-0.4, -0.2) is 0 Å². The first-order chi connectivity index (χ1) is 9.27. The van der Waals surface area contributed by atoms with Gasteiger partial charge in [-0.25, -0.2) is 4.39 Å². The molecule has 0 aliphatic carbocycles. The molecule has 0 amide bonds. The number of halogens is 5. The summed E-state index contributed by atoms with van der Waals surface area (Å²) in [5.74, 6) is -1.32. The van der Waals surface area contributed by atoms with E-state index < -0.39 is 17.6 Å². The fourth-order valence-electron chi connectivity index (χ4n) is 1.51. The number of hydrogen-bond acceptors (Lipinski definition) is 2. The molecule has 2 aromatic rings. The molecule has 0 saturated heterocycles. The summed E-state index contributed by atoms with van der Waals surface area (Å²) in [5, 5.41) is 0. The molecular formula is C13H8BrF4NO. The van der Waals surface area contributed by atoms with Gasteiger partial charge >= 0.3 is 6.18 Å². The third-order valence-corrected chi connectivity index (χ3v) is 2.94. The van der Waals surface area contributed by atoms with Crippen LogP contribution in [0, 0.1) is 5.82 Å². The van der Waals surface area contributed by atoms with Crippen LogP contribution < -0.4 is 10.5 Å². The lowest BCUT2D eigenvalue weighted by molar-refractivity contribution is -0.140. The molecule has 2 nitrogen and oxygen atoms in total. The lowest BCUT2D eigenvalue weighted by Crippen LogP contribution is -2.08. The van der Waals surface area contributed by atoms with Gasteiger partial charge in [-0.15, -0.1) is 0 Å². The van der Waals surface area contributed by atoms with Crippen molar-refractivity contribution >= 4 is 21.6 Å². The number of ether oxygens (including phenoxy) is 1.